The molecule has 1 N–H and O–H groups in total. The molecule has 112 valence electrons. The molecule has 0 bridgehead atoms. The molecule has 3 nitrogen and oxygen atoms in total. The summed E-state index contributed by atoms with van der Waals surface area (Å²) in [5, 5.41) is 10.9. The lowest BCUT2D eigenvalue weighted by Crippen LogP contribution is -2.35. The predicted octanol–water partition coefficient (Wildman–Crippen LogP) is 3.47. The summed E-state index contributed by atoms with van der Waals surface area (Å²) < 4.78 is 0. The predicted molar refractivity (Wildman–Crippen MR) is 84.7 cm³/mol. The molecule has 0 aromatic heterocycles. The molecule has 0 aliphatic carbocycles. The summed E-state index contributed by atoms with van der Waals surface area (Å²) in [7, 11) is 4.25. The van der Waals surface area contributed by atoms with E-state index in [1.807, 2.05) is 0 Å². The Kier molecular flexibility index (Phi) is 5.56. The Labute approximate surface area is 131 Å². The van der Waals surface area contributed by atoms with E-state index in [0.717, 1.165) is 18.0 Å². The first-order valence-corrected chi connectivity index (χ1v) is 7.75. The van der Waals surface area contributed by atoms with E-state index in [9.17, 15) is 5.11 Å². The second kappa shape index (κ2) is 6.99. The number of piperidine rings is 1. The molecular formula is C15H22Cl2N2O. The van der Waals surface area contributed by atoms with Crippen LogP contribution in [-0.2, 0) is 6.54 Å². The van der Waals surface area contributed by atoms with E-state index in [2.05, 4.69) is 23.9 Å². The van der Waals surface area contributed by atoms with Gasteiger partial charge in [-0.25, -0.2) is 0 Å². The summed E-state index contributed by atoms with van der Waals surface area (Å²) in [6, 6.07) is 3.35. The molecule has 1 aliphatic rings. The highest BCUT2D eigenvalue weighted by molar-refractivity contribution is 6.35. The van der Waals surface area contributed by atoms with Crippen molar-refractivity contribution in [3.05, 3.63) is 27.7 Å². The third kappa shape index (κ3) is 4.26. The van der Waals surface area contributed by atoms with Crippen LogP contribution < -0.4 is 0 Å². The molecule has 1 heterocycles. The van der Waals surface area contributed by atoms with E-state index >= 15 is 0 Å². The fraction of sp³-hybridized carbons (Fsp3) is 0.600. The van der Waals surface area contributed by atoms with E-state index < -0.39 is 0 Å². The topological polar surface area (TPSA) is 26.7 Å². The minimum absolute atomic E-state index is 0.145. The highest BCUT2D eigenvalue weighted by Gasteiger charge is 2.19. The SMILES string of the molecule is CN1CCC(CN(C)Cc2cc(Cl)cc(Cl)c2O)CC1. The standard InChI is InChI=1S/C15H22Cl2N2O/c1-18-5-3-11(4-6-18)9-19(2)10-12-7-13(16)8-14(17)15(12)20/h7-8,11,20H,3-6,9-10H2,1-2H3. The van der Waals surface area contributed by atoms with Gasteiger partial charge in [0.15, 0.2) is 0 Å². The second-order valence-corrected chi connectivity index (χ2v) is 6.68. The van der Waals surface area contributed by atoms with Crippen molar-refractivity contribution in [3.63, 3.8) is 0 Å². The second-order valence-electron chi connectivity index (χ2n) is 5.84. The van der Waals surface area contributed by atoms with Crippen LogP contribution in [-0.4, -0.2) is 48.6 Å². The smallest absolute Gasteiger partial charge is 0.138 e. The van der Waals surface area contributed by atoms with Crippen LogP contribution in [0.15, 0.2) is 12.1 Å². The van der Waals surface area contributed by atoms with Crippen molar-refractivity contribution >= 4 is 23.2 Å². The van der Waals surface area contributed by atoms with Gasteiger partial charge in [0.25, 0.3) is 0 Å². The Morgan fingerprint density at radius 3 is 2.60 bits per heavy atom. The van der Waals surface area contributed by atoms with Gasteiger partial charge in [0.1, 0.15) is 5.75 Å². The number of phenols is 1. The van der Waals surface area contributed by atoms with E-state index in [-0.39, 0.29) is 5.75 Å². The van der Waals surface area contributed by atoms with E-state index in [4.69, 9.17) is 23.2 Å². The molecule has 0 atom stereocenters. The zero-order valence-electron chi connectivity index (χ0n) is 12.1. The molecule has 1 aromatic rings. The first-order chi connectivity index (χ1) is 9.45. The molecule has 0 spiro atoms. The maximum absolute atomic E-state index is 9.99. The number of aromatic hydroxyl groups is 1. The minimum Gasteiger partial charge on any atom is -0.506 e. The average Bonchev–Trinajstić information content (AvgIpc) is 2.38. The van der Waals surface area contributed by atoms with E-state index in [1.54, 1.807) is 12.1 Å². The van der Waals surface area contributed by atoms with Gasteiger partial charge in [0.05, 0.1) is 5.02 Å². The van der Waals surface area contributed by atoms with Crippen molar-refractivity contribution in [1.29, 1.82) is 0 Å². The number of nitrogens with zero attached hydrogens (tertiary/aromatic N) is 2. The van der Waals surface area contributed by atoms with Crippen LogP contribution in [0, 0.1) is 5.92 Å². The molecule has 20 heavy (non-hydrogen) atoms. The van der Waals surface area contributed by atoms with Gasteiger partial charge in [-0.1, -0.05) is 23.2 Å². The Bertz CT molecular complexity index is 459. The maximum Gasteiger partial charge on any atom is 0.138 e. The molecule has 1 saturated heterocycles. The molecule has 5 heteroatoms. The van der Waals surface area contributed by atoms with Crippen LogP contribution in [0.4, 0.5) is 0 Å². The molecule has 1 aromatic carbocycles. The first kappa shape index (κ1) is 15.9. The Morgan fingerprint density at radius 2 is 1.95 bits per heavy atom. The minimum atomic E-state index is 0.145. The third-order valence-corrected chi connectivity index (χ3v) is 4.46. The number of hydrogen-bond acceptors (Lipinski definition) is 3. The Morgan fingerprint density at radius 1 is 1.30 bits per heavy atom. The normalized spacial score (nSPS) is 17.9. The third-order valence-electron chi connectivity index (χ3n) is 3.96. The molecule has 0 amide bonds. The summed E-state index contributed by atoms with van der Waals surface area (Å²) >= 11 is 11.9. The van der Waals surface area contributed by atoms with Gasteiger partial charge in [-0.05, 0) is 58.1 Å². The van der Waals surface area contributed by atoms with Crippen LogP contribution in [0.1, 0.15) is 18.4 Å². The van der Waals surface area contributed by atoms with Crippen molar-refractivity contribution in [2.45, 2.75) is 19.4 Å². The molecule has 1 aliphatic heterocycles. The van der Waals surface area contributed by atoms with E-state index in [1.165, 1.54) is 25.9 Å². The first-order valence-electron chi connectivity index (χ1n) is 6.99. The quantitative estimate of drug-likeness (QED) is 0.921. The van der Waals surface area contributed by atoms with Gasteiger partial charge < -0.3 is 14.9 Å². The zero-order chi connectivity index (χ0) is 14.7. The Hall–Kier alpha value is -0.480. The number of rotatable bonds is 4. The molecule has 2 rings (SSSR count). The van der Waals surface area contributed by atoms with Crippen LogP contribution in [0.2, 0.25) is 10.0 Å². The highest BCUT2D eigenvalue weighted by atomic mass is 35.5. The number of likely N-dealkylation sites (tertiary alicyclic amines) is 1. The summed E-state index contributed by atoms with van der Waals surface area (Å²) in [5.41, 5.74) is 0.790. The fourth-order valence-corrected chi connectivity index (χ4v) is 3.32. The highest BCUT2D eigenvalue weighted by Crippen LogP contribution is 2.32. The zero-order valence-corrected chi connectivity index (χ0v) is 13.6. The van der Waals surface area contributed by atoms with Crippen molar-refractivity contribution < 1.29 is 5.11 Å². The number of hydrogen-bond donors (Lipinski definition) is 1. The monoisotopic (exact) mass is 316 g/mol. The lowest BCUT2D eigenvalue weighted by Gasteiger charge is -2.31. The van der Waals surface area contributed by atoms with Gasteiger partial charge in [0.2, 0.25) is 0 Å². The van der Waals surface area contributed by atoms with Gasteiger partial charge in [0, 0.05) is 23.7 Å². The van der Waals surface area contributed by atoms with Crippen molar-refractivity contribution in [3.8, 4) is 5.75 Å². The number of phenolic OH excluding ortho intramolecular Hbond substituents is 1. The molecule has 1 fully saturated rings. The van der Waals surface area contributed by atoms with Crippen LogP contribution in [0.3, 0.4) is 0 Å². The molecule has 0 unspecified atom stereocenters. The lowest BCUT2D eigenvalue weighted by atomic mass is 9.96. The van der Waals surface area contributed by atoms with Gasteiger partial charge in [-0.15, -0.1) is 0 Å². The summed E-state index contributed by atoms with van der Waals surface area (Å²) in [6.45, 7) is 4.05. The van der Waals surface area contributed by atoms with Crippen molar-refractivity contribution in [2.24, 2.45) is 5.92 Å². The molecule has 0 saturated carbocycles. The Balaban J connectivity index is 1.93. The maximum atomic E-state index is 9.99. The van der Waals surface area contributed by atoms with Gasteiger partial charge in [-0.3, -0.25) is 0 Å². The molecule has 0 radical (unpaired) electrons. The fourth-order valence-electron chi connectivity index (χ4n) is 2.78. The van der Waals surface area contributed by atoms with Gasteiger partial charge in [-0.2, -0.15) is 0 Å². The summed E-state index contributed by atoms with van der Waals surface area (Å²) in [5.74, 6) is 0.874. The van der Waals surface area contributed by atoms with Crippen molar-refractivity contribution in [1.82, 2.24) is 9.80 Å². The average molecular weight is 317 g/mol. The number of halogens is 2. The van der Waals surface area contributed by atoms with Crippen LogP contribution >= 0.6 is 23.2 Å². The van der Waals surface area contributed by atoms with Crippen LogP contribution in [0.25, 0.3) is 0 Å². The summed E-state index contributed by atoms with van der Waals surface area (Å²) in [4.78, 5) is 4.61. The number of benzene rings is 1. The summed E-state index contributed by atoms with van der Waals surface area (Å²) in [6.07, 6.45) is 2.48. The van der Waals surface area contributed by atoms with E-state index in [0.29, 0.717) is 16.6 Å². The van der Waals surface area contributed by atoms with Gasteiger partial charge >= 0.3 is 0 Å². The molecular weight excluding hydrogens is 295 g/mol. The largest absolute Gasteiger partial charge is 0.506 e. The van der Waals surface area contributed by atoms with Crippen LogP contribution in [0.5, 0.6) is 5.75 Å². The van der Waals surface area contributed by atoms with Crippen molar-refractivity contribution in [2.75, 3.05) is 33.7 Å². The lowest BCUT2D eigenvalue weighted by molar-refractivity contribution is 0.173.